The van der Waals surface area contributed by atoms with Crippen LogP contribution in [0, 0.1) is 0 Å². The molecule has 8 heteroatoms. The van der Waals surface area contributed by atoms with Crippen molar-refractivity contribution in [2.75, 3.05) is 0 Å². The van der Waals surface area contributed by atoms with Crippen LogP contribution in [0.15, 0.2) is 23.1 Å². The van der Waals surface area contributed by atoms with Gasteiger partial charge in [0, 0.05) is 6.04 Å². The molecular formula is C10H11ClF3NO2S. The summed E-state index contributed by atoms with van der Waals surface area (Å²) in [7, 11) is -3.90. The molecule has 0 aliphatic heterocycles. The van der Waals surface area contributed by atoms with Gasteiger partial charge in [-0.15, -0.1) is 0 Å². The molecule has 0 bridgehead atoms. The van der Waals surface area contributed by atoms with Crippen molar-refractivity contribution in [2.45, 2.75) is 31.0 Å². The van der Waals surface area contributed by atoms with Gasteiger partial charge in [0.05, 0.1) is 10.6 Å². The Balaban J connectivity index is 3.22. The molecule has 1 aromatic rings. The lowest BCUT2D eigenvalue weighted by atomic mass is 10.2. The Morgan fingerprint density at radius 3 is 2.22 bits per heavy atom. The van der Waals surface area contributed by atoms with E-state index in [2.05, 4.69) is 4.72 Å². The van der Waals surface area contributed by atoms with Gasteiger partial charge in [-0.2, -0.15) is 13.2 Å². The Morgan fingerprint density at radius 2 is 1.83 bits per heavy atom. The van der Waals surface area contributed by atoms with E-state index in [1.165, 1.54) is 0 Å². The highest BCUT2D eigenvalue weighted by Gasteiger charge is 2.32. The fourth-order valence-electron chi connectivity index (χ4n) is 1.27. The maximum absolute atomic E-state index is 12.4. The highest BCUT2D eigenvalue weighted by Crippen LogP contribution is 2.33. The van der Waals surface area contributed by atoms with Crippen LogP contribution in [0.1, 0.15) is 19.4 Å². The molecule has 0 aliphatic rings. The van der Waals surface area contributed by atoms with Crippen LogP contribution >= 0.6 is 11.6 Å². The lowest BCUT2D eigenvalue weighted by Crippen LogP contribution is -2.30. The Kier molecular flexibility index (Phi) is 4.30. The molecule has 0 amide bonds. The minimum absolute atomic E-state index is 0.370. The minimum Gasteiger partial charge on any atom is -0.209 e. The molecule has 0 atom stereocenters. The number of hydrogen-bond donors (Lipinski definition) is 1. The second-order valence-corrected chi connectivity index (χ2v) is 6.01. The van der Waals surface area contributed by atoms with E-state index in [1.54, 1.807) is 13.8 Å². The Hall–Kier alpha value is -0.790. The normalized spacial score (nSPS) is 13.1. The summed E-state index contributed by atoms with van der Waals surface area (Å²) < 4.78 is 62.9. The highest BCUT2D eigenvalue weighted by molar-refractivity contribution is 7.89. The summed E-state index contributed by atoms with van der Waals surface area (Å²) in [6.07, 6.45) is -4.56. The summed E-state index contributed by atoms with van der Waals surface area (Å²) in [5.74, 6) is 0. The van der Waals surface area contributed by atoms with E-state index in [4.69, 9.17) is 11.6 Å². The third-order valence-electron chi connectivity index (χ3n) is 1.94. The second kappa shape index (κ2) is 5.07. The van der Waals surface area contributed by atoms with Gasteiger partial charge in [0.1, 0.15) is 4.90 Å². The van der Waals surface area contributed by atoms with Gasteiger partial charge in [0.15, 0.2) is 0 Å². The van der Waals surface area contributed by atoms with Crippen molar-refractivity contribution in [3.8, 4) is 0 Å². The molecular weight excluding hydrogens is 291 g/mol. The quantitative estimate of drug-likeness (QED) is 0.932. The molecule has 0 radical (unpaired) electrons. The van der Waals surface area contributed by atoms with Crippen LogP contribution in [0.2, 0.25) is 5.02 Å². The van der Waals surface area contributed by atoms with Gasteiger partial charge in [-0.25, -0.2) is 13.1 Å². The zero-order valence-corrected chi connectivity index (χ0v) is 11.1. The molecule has 0 unspecified atom stereocenters. The van der Waals surface area contributed by atoms with E-state index in [0.29, 0.717) is 12.1 Å². The van der Waals surface area contributed by atoms with Crippen molar-refractivity contribution in [3.63, 3.8) is 0 Å². The first-order valence-corrected chi connectivity index (χ1v) is 6.79. The zero-order chi connectivity index (χ0) is 14.1. The first-order valence-electron chi connectivity index (χ1n) is 4.93. The predicted octanol–water partition coefficient (Wildman–Crippen LogP) is 3.05. The lowest BCUT2D eigenvalue weighted by Gasteiger charge is -2.12. The smallest absolute Gasteiger partial charge is 0.209 e. The molecule has 0 saturated heterocycles. The largest absolute Gasteiger partial charge is 0.416 e. The number of halogens is 4. The summed E-state index contributed by atoms with van der Waals surface area (Å²) in [6, 6.07) is 1.74. The van der Waals surface area contributed by atoms with Crippen molar-refractivity contribution in [1.29, 1.82) is 0 Å². The molecule has 0 aliphatic carbocycles. The maximum atomic E-state index is 12.4. The molecule has 0 spiro atoms. The van der Waals surface area contributed by atoms with Crippen LogP contribution in [-0.4, -0.2) is 14.5 Å². The highest BCUT2D eigenvalue weighted by atomic mass is 35.5. The predicted molar refractivity (Wildman–Crippen MR) is 61.9 cm³/mol. The molecule has 1 aromatic carbocycles. The number of hydrogen-bond acceptors (Lipinski definition) is 2. The fraction of sp³-hybridized carbons (Fsp3) is 0.400. The van der Waals surface area contributed by atoms with Crippen LogP contribution in [0.25, 0.3) is 0 Å². The molecule has 0 heterocycles. The Morgan fingerprint density at radius 1 is 1.28 bits per heavy atom. The third-order valence-corrected chi connectivity index (χ3v) is 4.08. The van der Waals surface area contributed by atoms with Crippen LogP contribution in [0.5, 0.6) is 0 Å². The average molecular weight is 302 g/mol. The van der Waals surface area contributed by atoms with Gasteiger partial charge in [-0.1, -0.05) is 11.6 Å². The minimum atomic E-state index is -4.56. The Bertz CT molecular complexity index is 541. The first-order chi connectivity index (χ1) is 8.04. The molecule has 0 saturated carbocycles. The van der Waals surface area contributed by atoms with E-state index < -0.39 is 26.8 Å². The van der Waals surface area contributed by atoms with E-state index in [0.717, 1.165) is 6.07 Å². The van der Waals surface area contributed by atoms with Gasteiger partial charge in [-0.05, 0) is 32.0 Å². The van der Waals surface area contributed by atoms with E-state index >= 15 is 0 Å². The van der Waals surface area contributed by atoms with Crippen LogP contribution in [0.3, 0.4) is 0 Å². The van der Waals surface area contributed by atoms with Crippen molar-refractivity contribution in [3.05, 3.63) is 28.8 Å². The van der Waals surface area contributed by atoms with Gasteiger partial charge < -0.3 is 0 Å². The number of alkyl halides is 3. The number of nitrogens with one attached hydrogen (secondary N) is 1. The van der Waals surface area contributed by atoms with E-state index in [9.17, 15) is 21.6 Å². The Labute approximate surface area is 108 Å². The molecule has 0 fully saturated rings. The second-order valence-electron chi connectivity index (χ2n) is 3.92. The average Bonchev–Trinajstić information content (AvgIpc) is 2.13. The zero-order valence-electron chi connectivity index (χ0n) is 9.55. The number of rotatable bonds is 3. The summed E-state index contributed by atoms with van der Waals surface area (Å²) in [5, 5.41) is -0.460. The summed E-state index contributed by atoms with van der Waals surface area (Å²) in [6.45, 7) is 3.19. The van der Waals surface area contributed by atoms with Crippen molar-refractivity contribution in [2.24, 2.45) is 0 Å². The van der Waals surface area contributed by atoms with Crippen LogP contribution < -0.4 is 4.72 Å². The summed E-state index contributed by atoms with van der Waals surface area (Å²) in [5.41, 5.74) is -0.990. The molecule has 1 rings (SSSR count). The molecule has 18 heavy (non-hydrogen) atoms. The van der Waals surface area contributed by atoms with Crippen molar-refractivity contribution >= 4 is 21.6 Å². The van der Waals surface area contributed by atoms with Crippen LogP contribution in [-0.2, 0) is 16.2 Å². The molecule has 3 nitrogen and oxygen atoms in total. The van der Waals surface area contributed by atoms with Gasteiger partial charge in [-0.3, -0.25) is 0 Å². The first kappa shape index (κ1) is 15.3. The van der Waals surface area contributed by atoms with E-state index in [-0.39, 0.29) is 10.9 Å². The van der Waals surface area contributed by atoms with Crippen molar-refractivity contribution < 1.29 is 21.6 Å². The summed E-state index contributed by atoms with van der Waals surface area (Å²) >= 11 is 5.58. The number of benzene rings is 1. The van der Waals surface area contributed by atoms with Gasteiger partial charge in [0.2, 0.25) is 10.0 Å². The summed E-state index contributed by atoms with van der Waals surface area (Å²) in [4.78, 5) is -0.370. The van der Waals surface area contributed by atoms with Gasteiger partial charge in [0.25, 0.3) is 0 Å². The standard InChI is InChI=1S/C10H11ClF3NO2S/c1-6(2)15-18(16,17)9-4-3-7(5-8(9)11)10(12,13)14/h3-6,15H,1-2H3. The molecule has 102 valence electrons. The van der Waals surface area contributed by atoms with Crippen LogP contribution in [0.4, 0.5) is 13.2 Å². The van der Waals surface area contributed by atoms with E-state index in [1.807, 2.05) is 0 Å². The molecule has 1 N–H and O–H groups in total. The third kappa shape index (κ3) is 3.60. The van der Waals surface area contributed by atoms with Crippen molar-refractivity contribution in [1.82, 2.24) is 4.72 Å². The number of sulfonamides is 1. The SMILES string of the molecule is CC(C)NS(=O)(=O)c1ccc(C(F)(F)F)cc1Cl. The topological polar surface area (TPSA) is 46.2 Å². The fourth-order valence-corrected chi connectivity index (χ4v) is 3.06. The maximum Gasteiger partial charge on any atom is 0.416 e. The monoisotopic (exact) mass is 301 g/mol. The van der Waals surface area contributed by atoms with Gasteiger partial charge >= 0.3 is 6.18 Å². The lowest BCUT2D eigenvalue weighted by molar-refractivity contribution is -0.137. The molecule has 0 aromatic heterocycles.